The number of aromatic nitrogens is 4. The summed E-state index contributed by atoms with van der Waals surface area (Å²) in [6.07, 6.45) is 3.59. The third kappa shape index (κ3) is 4.91. The summed E-state index contributed by atoms with van der Waals surface area (Å²) in [6, 6.07) is 8.05. The van der Waals surface area contributed by atoms with Crippen LogP contribution in [0.15, 0.2) is 18.3 Å². The highest BCUT2D eigenvalue weighted by Gasteiger charge is 2.24. The molecule has 3 N–H and O–H groups in total. The van der Waals surface area contributed by atoms with Gasteiger partial charge in [0.25, 0.3) is 0 Å². The Hall–Kier alpha value is -3.40. The summed E-state index contributed by atoms with van der Waals surface area (Å²) in [6.45, 7) is 7.76. The molecule has 0 aliphatic heterocycles. The monoisotopic (exact) mass is 449 g/mol. The highest BCUT2D eigenvalue weighted by Crippen LogP contribution is 2.31. The first kappa shape index (κ1) is 21.8. The molecule has 10 heteroatoms. The normalized spacial score (nSPS) is 13.6. The zero-order chi connectivity index (χ0) is 22.9. The molecule has 3 aromatic rings. The van der Waals surface area contributed by atoms with Gasteiger partial charge in [-0.3, -0.25) is 0 Å². The van der Waals surface area contributed by atoms with Crippen LogP contribution in [0.5, 0.6) is 0 Å². The molecule has 0 atom stereocenters. The summed E-state index contributed by atoms with van der Waals surface area (Å²) in [4.78, 5) is 8.84. The summed E-state index contributed by atoms with van der Waals surface area (Å²) in [5.41, 5.74) is 2.71. The average molecular weight is 450 g/mol. The zero-order valence-electron chi connectivity index (χ0n) is 18.2. The first-order valence-corrected chi connectivity index (χ1v) is 10.8. The second-order valence-electron chi connectivity index (χ2n) is 9.09. The SMILES string of the molecule is CC(C)(C)CNCc1cc(C#N)cc(Nc2nc(NC3CC3)c3ncc(C#N)n3n2)c1Cl. The van der Waals surface area contributed by atoms with Crippen LogP contribution < -0.4 is 16.0 Å². The summed E-state index contributed by atoms with van der Waals surface area (Å²) >= 11 is 6.67. The van der Waals surface area contributed by atoms with Gasteiger partial charge in [-0.2, -0.15) is 20.0 Å². The topological polar surface area (TPSA) is 127 Å². The summed E-state index contributed by atoms with van der Waals surface area (Å²) in [5.74, 6) is 0.798. The smallest absolute Gasteiger partial charge is 0.247 e. The highest BCUT2D eigenvalue weighted by molar-refractivity contribution is 6.34. The number of nitrogens with zero attached hydrogens (tertiary/aromatic N) is 6. The maximum atomic E-state index is 9.50. The number of rotatable bonds is 7. The van der Waals surface area contributed by atoms with Gasteiger partial charge in [-0.25, -0.2) is 4.98 Å². The molecule has 0 unspecified atom stereocenters. The minimum absolute atomic E-state index is 0.123. The second-order valence-corrected chi connectivity index (χ2v) is 9.47. The Bertz CT molecular complexity index is 1240. The van der Waals surface area contributed by atoms with E-state index in [0.717, 1.165) is 24.9 Å². The molecule has 1 aromatic carbocycles. The van der Waals surface area contributed by atoms with Crippen LogP contribution in [0.1, 0.15) is 50.4 Å². The number of halogens is 1. The van der Waals surface area contributed by atoms with E-state index in [4.69, 9.17) is 11.6 Å². The van der Waals surface area contributed by atoms with E-state index in [0.29, 0.717) is 46.0 Å². The van der Waals surface area contributed by atoms with Crippen LogP contribution in [-0.2, 0) is 6.54 Å². The number of hydrogen-bond donors (Lipinski definition) is 3. The van der Waals surface area contributed by atoms with Gasteiger partial charge in [0.2, 0.25) is 5.95 Å². The molecule has 4 rings (SSSR count). The van der Waals surface area contributed by atoms with Crippen molar-refractivity contribution in [1.29, 1.82) is 10.5 Å². The van der Waals surface area contributed by atoms with Gasteiger partial charge >= 0.3 is 0 Å². The van der Waals surface area contributed by atoms with Gasteiger partial charge in [0.15, 0.2) is 17.2 Å². The van der Waals surface area contributed by atoms with Crippen molar-refractivity contribution < 1.29 is 0 Å². The predicted molar refractivity (Wildman–Crippen MR) is 123 cm³/mol. The number of nitriles is 2. The van der Waals surface area contributed by atoms with Crippen LogP contribution in [0.3, 0.4) is 0 Å². The van der Waals surface area contributed by atoms with E-state index in [2.05, 4.69) is 63.9 Å². The van der Waals surface area contributed by atoms with E-state index in [1.54, 1.807) is 12.1 Å². The van der Waals surface area contributed by atoms with Crippen molar-refractivity contribution in [3.05, 3.63) is 40.2 Å². The van der Waals surface area contributed by atoms with E-state index >= 15 is 0 Å². The van der Waals surface area contributed by atoms with E-state index in [-0.39, 0.29) is 11.4 Å². The molecule has 0 amide bonds. The summed E-state index contributed by atoms with van der Waals surface area (Å²) < 4.78 is 1.45. The van der Waals surface area contributed by atoms with Crippen LogP contribution in [0.2, 0.25) is 5.02 Å². The van der Waals surface area contributed by atoms with Crippen molar-refractivity contribution in [3.8, 4) is 12.1 Å². The third-order valence-electron chi connectivity index (χ3n) is 4.89. The number of imidazole rings is 1. The van der Waals surface area contributed by atoms with Crippen LogP contribution in [0.4, 0.5) is 17.5 Å². The molecular weight excluding hydrogens is 426 g/mol. The highest BCUT2D eigenvalue weighted by atomic mass is 35.5. The molecule has 0 saturated heterocycles. The van der Waals surface area contributed by atoms with E-state index < -0.39 is 0 Å². The van der Waals surface area contributed by atoms with Crippen LogP contribution >= 0.6 is 11.6 Å². The molecule has 164 valence electrons. The van der Waals surface area contributed by atoms with Crippen LogP contribution in [-0.4, -0.2) is 32.2 Å². The molecular formula is C22H24ClN9. The van der Waals surface area contributed by atoms with E-state index in [9.17, 15) is 10.5 Å². The number of nitrogens with one attached hydrogen (secondary N) is 3. The molecule has 1 saturated carbocycles. The second kappa shape index (κ2) is 8.62. The lowest BCUT2D eigenvalue weighted by molar-refractivity contribution is 0.379. The fraction of sp³-hybridized carbons (Fsp3) is 0.409. The van der Waals surface area contributed by atoms with Gasteiger partial charge in [-0.1, -0.05) is 32.4 Å². The van der Waals surface area contributed by atoms with Gasteiger partial charge in [0.05, 0.1) is 28.5 Å². The van der Waals surface area contributed by atoms with Crippen LogP contribution in [0, 0.1) is 28.1 Å². The molecule has 0 radical (unpaired) electrons. The number of hydrogen-bond acceptors (Lipinski definition) is 8. The van der Waals surface area contributed by atoms with Crippen molar-refractivity contribution in [2.75, 3.05) is 17.2 Å². The number of anilines is 3. The summed E-state index contributed by atoms with van der Waals surface area (Å²) in [7, 11) is 0. The van der Waals surface area contributed by atoms with Crippen molar-refractivity contribution in [2.24, 2.45) is 5.41 Å². The lowest BCUT2D eigenvalue weighted by Crippen LogP contribution is -2.26. The lowest BCUT2D eigenvalue weighted by atomic mass is 9.97. The third-order valence-corrected chi connectivity index (χ3v) is 5.34. The van der Waals surface area contributed by atoms with Crippen molar-refractivity contribution in [1.82, 2.24) is 24.9 Å². The minimum Gasteiger partial charge on any atom is -0.364 e. The van der Waals surface area contributed by atoms with Gasteiger partial charge in [0, 0.05) is 19.1 Å². The molecule has 9 nitrogen and oxygen atoms in total. The van der Waals surface area contributed by atoms with E-state index in [1.807, 2.05) is 0 Å². The molecule has 2 aromatic heterocycles. The maximum Gasteiger partial charge on any atom is 0.247 e. The Balaban J connectivity index is 1.68. The Kier molecular flexibility index (Phi) is 5.88. The Morgan fingerprint density at radius 3 is 2.66 bits per heavy atom. The first-order valence-electron chi connectivity index (χ1n) is 10.4. The fourth-order valence-corrected chi connectivity index (χ4v) is 3.41. The predicted octanol–water partition coefficient (Wildman–Crippen LogP) is 3.97. The number of fused-ring (bicyclic) bond motifs is 1. The molecule has 0 spiro atoms. The van der Waals surface area contributed by atoms with E-state index in [1.165, 1.54) is 10.7 Å². The van der Waals surface area contributed by atoms with Gasteiger partial charge in [-0.15, -0.1) is 5.10 Å². The average Bonchev–Trinajstić information content (AvgIpc) is 3.45. The molecule has 32 heavy (non-hydrogen) atoms. The lowest BCUT2D eigenvalue weighted by Gasteiger charge is -2.19. The van der Waals surface area contributed by atoms with Crippen molar-refractivity contribution in [2.45, 2.75) is 46.2 Å². The molecule has 0 bridgehead atoms. The molecule has 1 fully saturated rings. The summed E-state index contributed by atoms with van der Waals surface area (Å²) in [5, 5.41) is 33.7. The quantitative estimate of drug-likeness (QED) is 0.494. The van der Waals surface area contributed by atoms with Crippen molar-refractivity contribution >= 4 is 34.7 Å². The van der Waals surface area contributed by atoms with Crippen molar-refractivity contribution in [3.63, 3.8) is 0 Å². The minimum atomic E-state index is 0.123. The van der Waals surface area contributed by atoms with Gasteiger partial charge < -0.3 is 16.0 Å². The number of benzene rings is 1. The first-order chi connectivity index (χ1) is 15.3. The maximum absolute atomic E-state index is 9.50. The zero-order valence-corrected chi connectivity index (χ0v) is 19.0. The van der Waals surface area contributed by atoms with Gasteiger partial charge in [0.1, 0.15) is 6.07 Å². The Morgan fingerprint density at radius 1 is 1.22 bits per heavy atom. The van der Waals surface area contributed by atoms with Crippen LogP contribution in [0.25, 0.3) is 5.65 Å². The Labute approximate surface area is 191 Å². The largest absolute Gasteiger partial charge is 0.364 e. The standard InChI is InChI=1S/C22H24ClN9/c1-22(2,3)12-26-10-14-6-13(8-24)7-17(18(14)23)29-21-30-19(28-15-4-5-15)20-27-11-16(9-25)32(20)31-21/h6-7,11,15,26H,4-5,10,12H2,1-3H3,(H2,28,29,30,31). The van der Waals surface area contributed by atoms with Gasteiger partial charge in [-0.05, 0) is 36.0 Å². The molecule has 1 aliphatic carbocycles. The fourth-order valence-electron chi connectivity index (χ4n) is 3.19. The Morgan fingerprint density at radius 2 is 2.00 bits per heavy atom. The molecule has 2 heterocycles. The molecule has 1 aliphatic rings.